The van der Waals surface area contributed by atoms with Gasteiger partial charge in [0.2, 0.25) is 0 Å². The average Bonchev–Trinajstić information content (AvgIpc) is 2.54. The maximum absolute atomic E-state index is 13.5. The molecule has 0 spiro atoms. The van der Waals surface area contributed by atoms with Crippen molar-refractivity contribution in [3.05, 3.63) is 70.4 Å². The molecule has 2 aromatic carbocycles. The van der Waals surface area contributed by atoms with E-state index in [0.29, 0.717) is 22.8 Å². The predicted molar refractivity (Wildman–Crippen MR) is 87.0 cm³/mol. The van der Waals surface area contributed by atoms with Crippen LogP contribution in [-0.2, 0) is 0 Å². The molecule has 0 aliphatic heterocycles. The minimum atomic E-state index is -0.324. The van der Waals surface area contributed by atoms with Crippen molar-refractivity contribution in [1.29, 1.82) is 0 Å². The van der Waals surface area contributed by atoms with Gasteiger partial charge in [-0.1, -0.05) is 24.3 Å². The van der Waals surface area contributed by atoms with Crippen molar-refractivity contribution >= 4 is 0 Å². The Kier molecular flexibility index (Phi) is 3.93. The highest BCUT2D eigenvalue weighted by atomic mass is 19.1. The second kappa shape index (κ2) is 6.04. The van der Waals surface area contributed by atoms with Crippen LogP contribution in [0.15, 0.2) is 53.3 Å². The summed E-state index contributed by atoms with van der Waals surface area (Å²) in [4.78, 5) is 18.6. The van der Waals surface area contributed by atoms with Crippen molar-refractivity contribution in [1.82, 2.24) is 9.97 Å². The summed E-state index contributed by atoms with van der Waals surface area (Å²) < 4.78 is 18.8. The number of nitrogens with zero attached hydrogens (tertiary/aromatic N) is 1. The molecular weight excluding hydrogens is 295 g/mol. The summed E-state index contributed by atoms with van der Waals surface area (Å²) >= 11 is 0. The summed E-state index contributed by atoms with van der Waals surface area (Å²) in [5, 5.41) is 0. The molecule has 0 aliphatic rings. The van der Waals surface area contributed by atoms with Crippen molar-refractivity contribution < 1.29 is 9.13 Å². The van der Waals surface area contributed by atoms with Crippen molar-refractivity contribution in [3.8, 4) is 28.3 Å². The van der Waals surface area contributed by atoms with Crippen molar-refractivity contribution in [2.45, 2.75) is 6.92 Å². The highest BCUT2D eigenvalue weighted by Crippen LogP contribution is 2.31. The van der Waals surface area contributed by atoms with E-state index in [4.69, 9.17) is 4.74 Å². The fourth-order valence-electron chi connectivity index (χ4n) is 2.43. The van der Waals surface area contributed by atoms with Crippen LogP contribution in [0.1, 0.15) is 5.69 Å². The van der Waals surface area contributed by atoms with Crippen LogP contribution in [0.5, 0.6) is 5.75 Å². The molecular formula is C18H15FN2O2. The second-order valence-electron chi connectivity index (χ2n) is 5.16. The van der Waals surface area contributed by atoms with Crippen LogP contribution in [0.4, 0.5) is 4.39 Å². The Balaban J connectivity index is 2.03. The van der Waals surface area contributed by atoms with Crippen LogP contribution in [0.2, 0.25) is 0 Å². The van der Waals surface area contributed by atoms with E-state index in [1.54, 1.807) is 20.1 Å². The minimum absolute atomic E-state index is 0.191. The van der Waals surface area contributed by atoms with Gasteiger partial charge in [0.15, 0.2) is 0 Å². The third-order valence-corrected chi connectivity index (χ3v) is 3.50. The fourth-order valence-corrected chi connectivity index (χ4v) is 2.43. The first-order valence-corrected chi connectivity index (χ1v) is 7.09. The molecule has 0 bridgehead atoms. The monoisotopic (exact) mass is 310 g/mol. The van der Waals surface area contributed by atoms with E-state index in [1.807, 2.05) is 24.3 Å². The lowest BCUT2D eigenvalue weighted by molar-refractivity contribution is 0.415. The molecule has 1 heterocycles. The van der Waals surface area contributed by atoms with E-state index >= 15 is 0 Å². The molecule has 0 amide bonds. The standard InChI is InChI=1S/C18H15FN2O2/c1-11-9-17(22)21-18(20-11)13-5-3-12(4-6-13)15-10-14(19)7-8-16(15)23-2/h3-10H,1-2H3,(H,20,21,22). The molecule has 0 saturated carbocycles. The largest absolute Gasteiger partial charge is 0.496 e. The Bertz CT molecular complexity index is 902. The Morgan fingerprint density at radius 1 is 1.04 bits per heavy atom. The van der Waals surface area contributed by atoms with Gasteiger partial charge >= 0.3 is 0 Å². The highest BCUT2D eigenvalue weighted by molar-refractivity contribution is 5.72. The normalized spacial score (nSPS) is 10.6. The first kappa shape index (κ1) is 15.0. The van der Waals surface area contributed by atoms with Gasteiger partial charge < -0.3 is 9.72 Å². The molecule has 23 heavy (non-hydrogen) atoms. The Labute approximate surface area is 132 Å². The lowest BCUT2D eigenvalue weighted by Crippen LogP contribution is -2.08. The van der Waals surface area contributed by atoms with Gasteiger partial charge in [-0.25, -0.2) is 9.37 Å². The van der Waals surface area contributed by atoms with E-state index < -0.39 is 0 Å². The van der Waals surface area contributed by atoms with Crippen LogP contribution < -0.4 is 10.3 Å². The van der Waals surface area contributed by atoms with Crippen LogP contribution in [0, 0.1) is 12.7 Å². The number of nitrogens with one attached hydrogen (secondary N) is 1. The van der Waals surface area contributed by atoms with E-state index in [9.17, 15) is 9.18 Å². The topological polar surface area (TPSA) is 55.0 Å². The SMILES string of the molecule is COc1ccc(F)cc1-c1ccc(-c2nc(C)cc(=O)[nH]2)cc1. The van der Waals surface area contributed by atoms with Crippen LogP contribution in [0.25, 0.3) is 22.5 Å². The summed E-state index contributed by atoms with van der Waals surface area (Å²) in [5.41, 5.74) is 2.73. The van der Waals surface area contributed by atoms with Crippen LogP contribution in [-0.4, -0.2) is 17.1 Å². The van der Waals surface area contributed by atoms with Crippen molar-refractivity contribution in [2.24, 2.45) is 0 Å². The maximum Gasteiger partial charge on any atom is 0.251 e. The summed E-state index contributed by atoms with van der Waals surface area (Å²) in [6, 6.07) is 13.2. The number of H-pyrrole nitrogens is 1. The quantitative estimate of drug-likeness (QED) is 0.805. The van der Waals surface area contributed by atoms with Gasteiger partial charge in [0, 0.05) is 22.9 Å². The fraction of sp³-hybridized carbons (Fsp3) is 0.111. The zero-order valence-corrected chi connectivity index (χ0v) is 12.8. The Hall–Kier alpha value is -2.95. The van der Waals surface area contributed by atoms with Gasteiger partial charge in [-0.05, 0) is 30.7 Å². The second-order valence-corrected chi connectivity index (χ2v) is 5.16. The number of rotatable bonds is 3. The van der Waals surface area contributed by atoms with Crippen LogP contribution in [0.3, 0.4) is 0 Å². The average molecular weight is 310 g/mol. The lowest BCUT2D eigenvalue weighted by Gasteiger charge is -2.09. The van der Waals surface area contributed by atoms with Gasteiger partial charge in [0.05, 0.1) is 7.11 Å². The molecule has 5 heteroatoms. The first-order valence-electron chi connectivity index (χ1n) is 7.09. The Morgan fingerprint density at radius 3 is 2.39 bits per heavy atom. The molecule has 0 unspecified atom stereocenters. The molecule has 3 rings (SSSR count). The summed E-state index contributed by atoms with van der Waals surface area (Å²) in [6.07, 6.45) is 0. The van der Waals surface area contributed by atoms with Gasteiger partial charge in [-0.3, -0.25) is 4.79 Å². The molecule has 1 aromatic heterocycles. The Morgan fingerprint density at radius 2 is 1.74 bits per heavy atom. The molecule has 0 fully saturated rings. The smallest absolute Gasteiger partial charge is 0.251 e. The van der Waals surface area contributed by atoms with E-state index in [2.05, 4.69) is 9.97 Å². The van der Waals surface area contributed by atoms with E-state index in [-0.39, 0.29) is 11.4 Å². The maximum atomic E-state index is 13.5. The minimum Gasteiger partial charge on any atom is -0.496 e. The molecule has 0 radical (unpaired) electrons. The third kappa shape index (κ3) is 3.13. The number of aryl methyl sites for hydroxylation is 1. The molecule has 116 valence electrons. The molecule has 4 nitrogen and oxygen atoms in total. The number of hydrogen-bond acceptors (Lipinski definition) is 3. The molecule has 3 aromatic rings. The number of hydrogen-bond donors (Lipinski definition) is 1. The third-order valence-electron chi connectivity index (χ3n) is 3.50. The summed E-state index contributed by atoms with van der Waals surface area (Å²) in [7, 11) is 1.55. The highest BCUT2D eigenvalue weighted by Gasteiger charge is 2.08. The van der Waals surface area contributed by atoms with Crippen LogP contribution >= 0.6 is 0 Å². The zero-order valence-electron chi connectivity index (χ0n) is 12.8. The predicted octanol–water partition coefficient (Wildman–Crippen LogP) is 3.56. The summed E-state index contributed by atoms with van der Waals surface area (Å²) in [5.74, 6) is 0.781. The number of halogens is 1. The van der Waals surface area contributed by atoms with E-state index in [1.165, 1.54) is 18.2 Å². The lowest BCUT2D eigenvalue weighted by atomic mass is 10.0. The van der Waals surface area contributed by atoms with Gasteiger partial charge in [-0.15, -0.1) is 0 Å². The van der Waals surface area contributed by atoms with Crippen molar-refractivity contribution in [3.63, 3.8) is 0 Å². The molecule has 0 aliphatic carbocycles. The zero-order chi connectivity index (χ0) is 16.4. The summed E-state index contributed by atoms with van der Waals surface area (Å²) in [6.45, 7) is 1.77. The van der Waals surface area contributed by atoms with Gasteiger partial charge in [0.25, 0.3) is 5.56 Å². The first-order chi connectivity index (χ1) is 11.1. The molecule has 0 atom stereocenters. The van der Waals surface area contributed by atoms with Crippen molar-refractivity contribution in [2.75, 3.05) is 7.11 Å². The van der Waals surface area contributed by atoms with Gasteiger partial charge in [0.1, 0.15) is 17.4 Å². The molecule has 0 saturated heterocycles. The van der Waals surface area contributed by atoms with E-state index in [0.717, 1.165) is 11.1 Å². The number of aromatic nitrogens is 2. The number of aromatic amines is 1. The number of ether oxygens (including phenoxy) is 1. The van der Waals surface area contributed by atoms with Gasteiger partial charge in [-0.2, -0.15) is 0 Å². The molecule has 1 N–H and O–H groups in total. The number of benzene rings is 2. The number of methoxy groups -OCH3 is 1.